The Balaban J connectivity index is 1.96. The van der Waals surface area contributed by atoms with E-state index in [1.165, 1.54) is 12.0 Å². The van der Waals surface area contributed by atoms with Crippen LogP contribution in [-0.4, -0.2) is 42.2 Å². The zero-order valence-electron chi connectivity index (χ0n) is 11.0. The van der Waals surface area contributed by atoms with Crippen molar-refractivity contribution in [3.05, 3.63) is 23.8 Å². The number of rotatable bonds is 3. The van der Waals surface area contributed by atoms with Crippen LogP contribution < -0.4 is 11.1 Å². The van der Waals surface area contributed by atoms with Gasteiger partial charge in [-0.25, -0.2) is 0 Å². The van der Waals surface area contributed by atoms with Gasteiger partial charge in [-0.15, -0.1) is 0 Å². The fourth-order valence-electron chi connectivity index (χ4n) is 2.51. The van der Waals surface area contributed by atoms with Crippen molar-refractivity contribution in [2.24, 2.45) is 0 Å². The first-order chi connectivity index (χ1) is 8.66. The first-order valence-electron chi connectivity index (χ1n) is 6.69. The summed E-state index contributed by atoms with van der Waals surface area (Å²) in [6, 6.07) is 6.02. The number of nitrogens with zero attached hydrogens (tertiary/aromatic N) is 1. The Bertz CT molecular complexity index is 387. The third kappa shape index (κ3) is 3.37. The van der Waals surface area contributed by atoms with Gasteiger partial charge >= 0.3 is 0 Å². The van der Waals surface area contributed by atoms with Crippen molar-refractivity contribution >= 4 is 5.69 Å². The lowest BCUT2D eigenvalue weighted by atomic mass is 10.0. The highest BCUT2D eigenvalue weighted by Crippen LogP contribution is 2.22. The molecule has 1 fully saturated rings. The van der Waals surface area contributed by atoms with Gasteiger partial charge in [-0.05, 0) is 50.6 Å². The van der Waals surface area contributed by atoms with Gasteiger partial charge in [-0.3, -0.25) is 4.90 Å². The second-order valence-electron chi connectivity index (χ2n) is 5.09. The minimum Gasteiger partial charge on any atom is -0.506 e. The summed E-state index contributed by atoms with van der Waals surface area (Å²) in [5, 5.41) is 12.8. The van der Waals surface area contributed by atoms with Crippen molar-refractivity contribution in [1.29, 1.82) is 0 Å². The van der Waals surface area contributed by atoms with Crippen LogP contribution in [0.2, 0.25) is 0 Å². The number of benzene rings is 1. The molecule has 1 aromatic rings. The van der Waals surface area contributed by atoms with Crippen molar-refractivity contribution in [3.8, 4) is 5.75 Å². The average molecular weight is 249 g/mol. The highest BCUT2D eigenvalue weighted by molar-refractivity contribution is 5.53. The molecular weight excluding hydrogens is 226 g/mol. The molecule has 1 aliphatic rings. The zero-order valence-corrected chi connectivity index (χ0v) is 11.0. The van der Waals surface area contributed by atoms with E-state index in [-0.39, 0.29) is 5.75 Å². The van der Waals surface area contributed by atoms with E-state index in [2.05, 4.69) is 17.1 Å². The number of nitrogen functional groups attached to an aromatic ring is 1. The lowest BCUT2D eigenvalue weighted by Crippen LogP contribution is -2.37. The molecule has 0 aliphatic carbocycles. The van der Waals surface area contributed by atoms with Crippen molar-refractivity contribution < 1.29 is 5.11 Å². The number of phenolic OH excluding ortho intramolecular Hbond substituents is 1. The molecule has 18 heavy (non-hydrogen) atoms. The molecule has 2 rings (SSSR count). The summed E-state index contributed by atoms with van der Waals surface area (Å²) in [4.78, 5) is 2.52. The van der Waals surface area contributed by atoms with Crippen LogP contribution in [0, 0.1) is 0 Å². The van der Waals surface area contributed by atoms with Gasteiger partial charge in [0.15, 0.2) is 0 Å². The highest BCUT2D eigenvalue weighted by atomic mass is 16.3. The van der Waals surface area contributed by atoms with Crippen LogP contribution in [0.1, 0.15) is 18.9 Å². The number of nitrogens with one attached hydrogen (secondary N) is 1. The van der Waals surface area contributed by atoms with Crippen molar-refractivity contribution in [3.63, 3.8) is 0 Å². The van der Waals surface area contributed by atoms with Gasteiger partial charge in [-0.1, -0.05) is 6.07 Å². The molecule has 0 amide bonds. The molecule has 4 nitrogen and oxygen atoms in total. The Kier molecular flexibility index (Phi) is 4.44. The maximum absolute atomic E-state index is 9.42. The van der Waals surface area contributed by atoms with Gasteiger partial charge in [-0.2, -0.15) is 0 Å². The van der Waals surface area contributed by atoms with E-state index in [4.69, 9.17) is 5.73 Å². The number of hydrogen-bond donors (Lipinski definition) is 3. The van der Waals surface area contributed by atoms with E-state index >= 15 is 0 Å². The standard InChI is InChI=1S/C14H23N3O/c1-11(17-7-2-5-16-6-8-17)9-12-3-4-14(18)13(15)10-12/h3-4,10-11,16,18H,2,5-9,15H2,1H3. The Morgan fingerprint density at radius 1 is 1.39 bits per heavy atom. The quantitative estimate of drug-likeness (QED) is 0.556. The van der Waals surface area contributed by atoms with Crippen LogP contribution in [0.15, 0.2) is 18.2 Å². The minimum absolute atomic E-state index is 0.172. The SMILES string of the molecule is CC(Cc1ccc(O)c(N)c1)N1CCCNCC1. The lowest BCUT2D eigenvalue weighted by Gasteiger charge is -2.27. The van der Waals surface area contributed by atoms with Crippen LogP contribution in [0.25, 0.3) is 0 Å². The molecule has 0 radical (unpaired) electrons. The van der Waals surface area contributed by atoms with E-state index in [1.54, 1.807) is 6.07 Å². The van der Waals surface area contributed by atoms with Gasteiger partial charge in [0.25, 0.3) is 0 Å². The molecule has 1 unspecified atom stereocenters. The van der Waals surface area contributed by atoms with Gasteiger partial charge in [0.2, 0.25) is 0 Å². The average Bonchev–Trinajstić information content (AvgIpc) is 2.62. The summed E-state index contributed by atoms with van der Waals surface area (Å²) in [6.07, 6.45) is 2.19. The van der Waals surface area contributed by atoms with E-state index in [1.807, 2.05) is 12.1 Å². The molecule has 0 bridgehead atoms. The van der Waals surface area contributed by atoms with Crippen molar-refractivity contribution in [2.45, 2.75) is 25.8 Å². The summed E-state index contributed by atoms with van der Waals surface area (Å²) >= 11 is 0. The highest BCUT2D eigenvalue weighted by Gasteiger charge is 2.16. The maximum Gasteiger partial charge on any atom is 0.138 e. The van der Waals surface area contributed by atoms with Crippen LogP contribution in [0.4, 0.5) is 5.69 Å². The summed E-state index contributed by atoms with van der Waals surface area (Å²) in [7, 11) is 0. The summed E-state index contributed by atoms with van der Waals surface area (Å²) in [6.45, 7) is 6.71. The Labute approximate surface area is 109 Å². The van der Waals surface area contributed by atoms with Crippen molar-refractivity contribution in [2.75, 3.05) is 31.9 Å². The fraction of sp³-hybridized carbons (Fsp3) is 0.571. The Hall–Kier alpha value is -1.26. The summed E-state index contributed by atoms with van der Waals surface area (Å²) in [5.41, 5.74) is 7.39. The van der Waals surface area contributed by atoms with Gasteiger partial charge in [0, 0.05) is 19.1 Å². The van der Waals surface area contributed by atoms with Gasteiger partial charge in [0.05, 0.1) is 5.69 Å². The smallest absolute Gasteiger partial charge is 0.138 e. The predicted molar refractivity (Wildman–Crippen MR) is 74.7 cm³/mol. The molecule has 100 valence electrons. The molecule has 4 N–H and O–H groups in total. The van der Waals surface area contributed by atoms with Crippen molar-refractivity contribution in [1.82, 2.24) is 10.2 Å². The largest absolute Gasteiger partial charge is 0.506 e. The maximum atomic E-state index is 9.42. The fourth-order valence-corrected chi connectivity index (χ4v) is 2.51. The molecule has 4 heteroatoms. The molecule has 1 heterocycles. The van der Waals surface area contributed by atoms with Gasteiger partial charge in [0.1, 0.15) is 5.75 Å². The second-order valence-corrected chi connectivity index (χ2v) is 5.09. The molecule has 1 aliphatic heterocycles. The predicted octanol–water partition coefficient (Wildman–Crippen LogP) is 1.20. The topological polar surface area (TPSA) is 61.5 Å². The third-order valence-electron chi connectivity index (χ3n) is 3.62. The number of hydrogen-bond acceptors (Lipinski definition) is 4. The number of phenols is 1. The second kappa shape index (κ2) is 6.07. The molecular formula is C14H23N3O. The first kappa shape index (κ1) is 13.2. The molecule has 1 atom stereocenters. The number of anilines is 1. The van der Waals surface area contributed by atoms with E-state index in [0.29, 0.717) is 11.7 Å². The van der Waals surface area contributed by atoms with E-state index < -0.39 is 0 Å². The summed E-state index contributed by atoms with van der Waals surface area (Å²) < 4.78 is 0. The molecule has 1 saturated heterocycles. The first-order valence-corrected chi connectivity index (χ1v) is 6.69. The lowest BCUT2D eigenvalue weighted by molar-refractivity contribution is 0.221. The molecule has 0 saturated carbocycles. The number of aromatic hydroxyl groups is 1. The monoisotopic (exact) mass is 249 g/mol. The molecule has 0 spiro atoms. The van der Waals surface area contributed by atoms with Crippen LogP contribution >= 0.6 is 0 Å². The minimum atomic E-state index is 0.172. The molecule has 0 aromatic heterocycles. The normalized spacial score (nSPS) is 19.4. The van der Waals surface area contributed by atoms with Crippen LogP contribution in [0.5, 0.6) is 5.75 Å². The zero-order chi connectivity index (χ0) is 13.0. The Morgan fingerprint density at radius 3 is 3.00 bits per heavy atom. The van der Waals surface area contributed by atoms with Gasteiger partial charge < -0.3 is 16.2 Å². The van der Waals surface area contributed by atoms with E-state index in [9.17, 15) is 5.11 Å². The Morgan fingerprint density at radius 2 is 2.22 bits per heavy atom. The van der Waals surface area contributed by atoms with E-state index in [0.717, 1.165) is 32.6 Å². The third-order valence-corrected chi connectivity index (χ3v) is 3.62. The van der Waals surface area contributed by atoms with Crippen LogP contribution in [0.3, 0.4) is 0 Å². The summed E-state index contributed by atoms with van der Waals surface area (Å²) in [5.74, 6) is 0.172. The molecule has 1 aromatic carbocycles. The van der Waals surface area contributed by atoms with Crippen LogP contribution in [-0.2, 0) is 6.42 Å². The number of nitrogens with two attached hydrogens (primary N) is 1.